The molecule has 0 aliphatic heterocycles. The zero-order valence-electron chi connectivity index (χ0n) is 13.2. The molecule has 1 aliphatic carbocycles. The maximum Gasteiger partial charge on any atom is 0.165 e. The van der Waals surface area contributed by atoms with Crippen molar-refractivity contribution in [1.29, 1.82) is 0 Å². The van der Waals surface area contributed by atoms with E-state index in [-0.39, 0.29) is 5.41 Å². The van der Waals surface area contributed by atoms with Crippen LogP contribution in [0.1, 0.15) is 48.8 Å². The van der Waals surface area contributed by atoms with Gasteiger partial charge in [0.2, 0.25) is 0 Å². The molecule has 1 fully saturated rings. The SMILES string of the molecule is COc1c(C)cc(C)c(C2(CN)CCCCC2)c1OC. The van der Waals surface area contributed by atoms with Crippen LogP contribution in [0.3, 0.4) is 0 Å². The number of benzene rings is 1. The van der Waals surface area contributed by atoms with Crippen molar-refractivity contribution >= 4 is 0 Å². The van der Waals surface area contributed by atoms with Crippen LogP contribution in [-0.2, 0) is 5.41 Å². The summed E-state index contributed by atoms with van der Waals surface area (Å²) in [6.45, 7) is 4.90. The first kappa shape index (κ1) is 15.2. The monoisotopic (exact) mass is 277 g/mol. The van der Waals surface area contributed by atoms with Crippen LogP contribution in [0.15, 0.2) is 6.07 Å². The van der Waals surface area contributed by atoms with Crippen LogP contribution in [0, 0.1) is 13.8 Å². The number of hydrogen-bond donors (Lipinski definition) is 1. The van der Waals surface area contributed by atoms with Crippen molar-refractivity contribution in [3.63, 3.8) is 0 Å². The highest BCUT2D eigenvalue weighted by Gasteiger charge is 2.37. The number of nitrogens with two attached hydrogens (primary N) is 1. The van der Waals surface area contributed by atoms with Gasteiger partial charge >= 0.3 is 0 Å². The Morgan fingerprint density at radius 2 is 1.60 bits per heavy atom. The molecule has 0 atom stereocenters. The van der Waals surface area contributed by atoms with E-state index in [2.05, 4.69) is 19.9 Å². The van der Waals surface area contributed by atoms with Crippen molar-refractivity contribution in [1.82, 2.24) is 0 Å². The number of ether oxygens (including phenoxy) is 2. The average Bonchev–Trinajstić information content (AvgIpc) is 2.47. The van der Waals surface area contributed by atoms with Gasteiger partial charge in [0.1, 0.15) is 0 Å². The van der Waals surface area contributed by atoms with Crippen LogP contribution in [0.25, 0.3) is 0 Å². The van der Waals surface area contributed by atoms with Crippen LogP contribution in [-0.4, -0.2) is 20.8 Å². The molecule has 2 N–H and O–H groups in total. The normalized spacial score (nSPS) is 17.9. The van der Waals surface area contributed by atoms with Crippen molar-refractivity contribution < 1.29 is 9.47 Å². The lowest BCUT2D eigenvalue weighted by molar-refractivity contribution is 0.279. The Balaban J connectivity index is 2.65. The van der Waals surface area contributed by atoms with Crippen molar-refractivity contribution in [2.24, 2.45) is 5.73 Å². The summed E-state index contributed by atoms with van der Waals surface area (Å²) < 4.78 is 11.3. The van der Waals surface area contributed by atoms with Crippen LogP contribution in [0.2, 0.25) is 0 Å². The lowest BCUT2D eigenvalue weighted by atomic mass is 9.67. The van der Waals surface area contributed by atoms with E-state index < -0.39 is 0 Å². The molecule has 1 aromatic rings. The molecule has 0 saturated heterocycles. The van der Waals surface area contributed by atoms with Gasteiger partial charge in [-0.05, 0) is 37.8 Å². The maximum atomic E-state index is 6.20. The molecule has 1 aliphatic rings. The second-order valence-corrected chi connectivity index (χ2v) is 6.00. The Bertz CT molecular complexity index is 476. The number of hydrogen-bond acceptors (Lipinski definition) is 3. The molecular weight excluding hydrogens is 250 g/mol. The summed E-state index contributed by atoms with van der Waals surface area (Å²) in [6, 6.07) is 2.20. The molecule has 0 bridgehead atoms. The quantitative estimate of drug-likeness (QED) is 0.916. The number of aryl methyl sites for hydroxylation is 2. The highest BCUT2D eigenvalue weighted by molar-refractivity contribution is 5.58. The molecule has 20 heavy (non-hydrogen) atoms. The Morgan fingerprint density at radius 3 is 2.10 bits per heavy atom. The van der Waals surface area contributed by atoms with Crippen molar-refractivity contribution in [2.45, 2.75) is 51.4 Å². The summed E-state index contributed by atoms with van der Waals surface area (Å²) in [5.41, 5.74) is 9.90. The zero-order chi connectivity index (χ0) is 14.8. The Morgan fingerprint density at radius 1 is 1.00 bits per heavy atom. The van der Waals surface area contributed by atoms with Crippen LogP contribution >= 0.6 is 0 Å². The number of methoxy groups -OCH3 is 2. The first-order chi connectivity index (χ1) is 9.59. The van der Waals surface area contributed by atoms with E-state index in [0.29, 0.717) is 6.54 Å². The average molecular weight is 277 g/mol. The summed E-state index contributed by atoms with van der Waals surface area (Å²) in [7, 11) is 3.44. The van der Waals surface area contributed by atoms with E-state index in [1.807, 2.05) is 0 Å². The van der Waals surface area contributed by atoms with Crippen molar-refractivity contribution in [3.8, 4) is 11.5 Å². The van der Waals surface area contributed by atoms with E-state index in [9.17, 15) is 0 Å². The van der Waals surface area contributed by atoms with Gasteiger partial charge in [0.15, 0.2) is 11.5 Å². The molecule has 0 aromatic heterocycles. The van der Waals surface area contributed by atoms with Crippen LogP contribution < -0.4 is 15.2 Å². The Kier molecular flexibility index (Phi) is 4.59. The molecule has 0 radical (unpaired) electrons. The van der Waals surface area contributed by atoms with Gasteiger partial charge in [0.05, 0.1) is 14.2 Å². The standard InChI is InChI=1S/C17H27NO2/c1-12-10-13(2)15(19-3)16(20-4)14(12)17(11-18)8-6-5-7-9-17/h10H,5-9,11,18H2,1-4H3. The molecule has 2 rings (SSSR count). The highest BCUT2D eigenvalue weighted by atomic mass is 16.5. The smallest absolute Gasteiger partial charge is 0.165 e. The molecule has 3 heteroatoms. The van der Waals surface area contributed by atoms with Crippen molar-refractivity contribution in [3.05, 3.63) is 22.8 Å². The van der Waals surface area contributed by atoms with Gasteiger partial charge in [-0.2, -0.15) is 0 Å². The highest BCUT2D eigenvalue weighted by Crippen LogP contribution is 2.48. The lowest BCUT2D eigenvalue weighted by Gasteiger charge is -2.39. The predicted molar refractivity (Wildman–Crippen MR) is 82.8 cm³/mol. The fourth-order valence-electron chi connectivity index (χ4n) is 3.83. The predicted octanol–water partition coefficient (Wildman–Crippen LogP) is 3.48. The molecule has 3 nitrogen and oxygen atoms in total. The van der Waals surface area contributed by atoms with Gasteiger partial charge in [-0.15, -0.1) is 0 Å². The van der Waals surface area contributed by atoms with Crippen LogP contribution in [0.4, 0.5) is 0 Å². The van der Waals surface area contributed by atoms with E-state index >= 15 is 0 Å². The molecule has 0 spiro atoms. The first-order valence-electron chi connectivity index (χ1n) is 7.52. The Labute approximate surface area is 122 Å². The van der Waals surface area contributed by atoms with Crippen LogP contribution in [0.5, 0.6) is 11.5 Å². The molecule has 0 amide bonds. The van der Waals surface area contributed by atoms with Gasteiger partial charge in [0.25, 0.3) is 0 Å². The minimum Gasteiger partial charge on any atom is -0.493 e. The molecule has 0 heterocycles. The molecule has 1 aromatic carbocycles. The third-order valence-corrected chi connectivity index (χ3v) is 4.76. The maximum absolute atomic E-state index is 6.20. The second kappa shape index (κ2) is 6.04. The minimum absolute atomic E-state index is 0.0503. The lowest BCUT2D eigenvalue weighted by Crippen LogP contribution is -2.38. The van der Waals surface area contributed by atoms with E-state index in [4.69, 9.17) is 15.2 Å². The molecule has 112 valence electrons. The van der Waals surface area contributed by atoms with E-state index in [1.54, 1.807) is 14.2 Å². The summed E-state index contributed by atoms with van der Waals surface area (Å²) in [6.07, 6.45) is 6.10. The van der Waals surface area contributed by atoms with Gasteiger partial charge in [-0.1, -0.05) is 25.3 Å². The van der Waals surface area contributed by atoms with Gasteiger partial charge < -0.3 is 15.2 Å². The third kappa shape index (κ3) is 2.39. The Hall–Kier alpha value is -1.22. The second-order valence-electron chi connectivity index (χ2n) is 6.00. The zero-order valence-corrected chi connectivity index (χ0v) is 13.2. The summed E-state index contributed by atoms with van der Waals surface area (Å²) in [4.78, 5) is 0. The topological polar surface area (TPSA) is 44.5 Å². The largest absolute Gasteiger partial charge is 0.493 e. The van der Waals surface area contributed by atoms with E-state index in [1.165, 1.54) is 30.4 Å². The first-order valence-corrected chi connectivity index (χ1v) is 7.52. The van der Waals surface area contributed by atoms with Gasteiger partial charge in [0, 0.05) is 17.5 Å². The fraction of sp³-hybridized carbons (Fsp3) is 0.647. The van der Waals surface area contributed by atoms with E-state index in [0.717, 1.165) is 29.9 Å². The summed E-state index contributed by atoms with van der Waals surface area (Å²) in [5, 5.41) is 0. The van der Waals surface area contributed by atoms with Gasteiger partial charge in [-0.3, -0.25) is 0 Å². The molecule has 0 unspecified atom stereocenters. The fourth-order valence-corrected chi connectivity index (χ4v) is 3.83. The molecular formula is C17H27NO2. The third-order valence-electron chi connectivity index (χ3n) is 4.76. The summed E-state index contributed by atoms with van der Waals surface area (Å²) in [5.74, 6) is 1.74. The molecule has 1 saturated carbocycles. The summed E-state index contributed by atoms with van der Waals surface area (Å²) >= 11 is 0. The minimum atomic E-state index is 0.0503. The van der Waals surface area contributed by atoms with Gasteiger partial charge in [-0.25, -0.2) is 0 Å². The number of rotatable bonds is 4. The van der Waals surface area contributed by atoms with Crippen molar-refractivity contribution in [2.75, 3.05) is 20.8 Å².